The molecular weight excluding hydrogens is 487 g/mol. The molecule has 1 amide bonds. The third-order valence-corrected chi connectivity index (χ3v) is 6.84. The maximum Gasteiger partial charge on any atom is 0.411 e. The van der Waals surface area contributed by atoms with Gasteiger partial charge in [-0.15, -0.1) is 0 Å². The molecule has 0 bridgehead atoms. The van der Waals surface area contributed by atoms with Crippen LogP contribution >= 0.6 is 15.9 Å². The molecule has 1 N–H and O–H groups in total. The molecule has 0 unspecified atom stereocenters. The first-order valence-electron chi connectivity index (χ1n) is 10.1. The van der Waals surface area contributed by atoms with E-state index < -0.39 is 21.7 Å². The molecule has 2 aromatic carbocycles. The highest BCUT2D eigenvalue weighted by Gasteiger charge is 2.43. The second kappa shape index (κ2) is 9.67. The molecule has 1 aliphatic rings. The lowest BCUT2D eigenvalue weighted by atomic mass is 9.84. The first-order valence-corrected chi connectivity index (χ1v) is 12.7. The van der Waals surface area contributed by atoms with Gasteiger partial charge in [-0.2, -0.15) is 0 Å². The minimum absolute atomic E-state index is 0.168. The summed E-state index contributed by atoms with van der Waals surface area (Å²) in [5, 5.41) is 0. The monoisotopic (exact) mass is 512 g/mol. The van der Waals surface area contributed by atoms with Gasteiger partial charge in [-0.1, -0.05) is 40.2 Å². The quantitative estimate of drug-likeness (QED) is 0.519. The number of halogens is 2. The van der Waals surface area contributed by atoms with Gasteiger partial charge in [-0.3, -0.25) is 0 Å². The van der Waals surface area contributed by atoms with Crippen LogP contribution in [0.1, 0.15) is 43.4 Å². The summed E-state index contributed by atoms with van der Waals surface area (Å²) in [6.45, 7) is 2.65. The summed E-state index contributed by atoms with van der Waals surface area (Å²) in [4.78, 5) is 14.7. The highest BCUT2D eigenvalue weighted by molar-refractivity contribution is 9.10. The molecule has 0 radical (unpaired) electrons. The fourth-order valence-corrected chi connectivity index (χ4v) is 4.63. The number of sulfonamides is 1. The number of nitrogens with zero attached hydrogens (tertiary/aromatic N) is 1. The average Bonchev–Trinajstić information content (AvgIpc) is 2.71. The van der Waals surface area contributed by atoms with Crippen LogP contribution in [0.15, 0.2) is 53.0 Å². The number of amides is 1. The van der Waals surface area contributed by atoms with Crippen molar-refractivity contribution in [3.05, 3.63) is 69.9 Å². The fourth-order valence-electron chi connectivity index (χ4n) is 3.85. The molecule has 9 heteroatoms. The first-order chi connectivity index (χ1) is 14.6. The first kappa shape index (κ1) is 23.7. The van der Waals surface area contributed by atoms with Gasteiger partial charge in [0.1, 0.15) is 11.4 Å². The van der Waals surface area contributed by atoms with Gasteiger partial charge >= 0.3 is 6.09 Å². The van der Waals surface area contributed by atoms with Crippen molar-refractivity contribution < 1.29 is 22.3 Å². The molecule has 1 heterocycles. The third-order valence-electron chi connectivity index (χ3n) is 5.59. The van der Waals surface area contributed by atoms with Crippen molar-refractivity contribution in [2.75, 3.05) is 19.3 Å². The van der Waals surface area contributed by atoms with Gasteiger partial charge in [0.15, 0.2) is 0 Å². The second-order valence-electron chi connectivity index (χ2n) is 7.81. The molecule has 0 aromatic heterocycles. The SMILES string of the molecule is C[C@@H](c1ccc(Br)cc1)N1CC[C@@](CCCNS(C)(=O)=O)(c2ccc(F)cc2)OC1=O. The predicted molar refractivity (Wildman–Crippen MR) is 121 cm³/mol. The van der Waals surface area contributed by atoms with E-state index in [1.165, 1.54) is 12.1 Å². The van der Waals surface area contributed by atoms with E-state index in [0.717, 1.165) is 16.3 Å². The molecule has 31 heavy (non-hydrogen) atoms. The Morgan fingerprint density at radius 3 is 2.42 bits per heavy atom. The van der Waals surface area contributed by atoms with Crippen LogP contribution in [-0.2, 0) is 20.4 Å². The summed E-state index contributed by atoms with van der Waals surface area (Å²) < 4.78 is 45.6. The zero-order chi connectivity index (χ0) is 22.6. The highest BCUT2D eigenvalue weighted by Crippen LogP contribution is 2.40. The van der Waals surface area contributed by atoms with Crippen molar-refractivity contribution >= 4 is 32.0 Å². The highest BCUT2D eigenvalue weighted by atomic mass is 79.9. The van der Waals surface area contributed by atoms with Crippen LogP contribution in [0, 0.1) is 5.82 Å². The smallest absolute Gasteiger partial charge is 0.411 e. The third kappa shape index (κ3) is 6.05. The Labute approximate surface area is 191 Å². The van der Waals surface area contributed by atoms with Crippen LogP contribution in [0.5, 0.6) is 0 Å². The van der Waals surface area contributed by atoms with Crippen LogP contribution in [0.4, 0.5) is 9.18 Å². The lowest BCUT2D eigenvalue weighted by molar-refractivity contribution is -0.0662. The Morgan fingerprint density at radius 1 is 1.19 bits per heavy atom. The number of hydrogen-bond acceptors (Lipinski definition) is 4. The number of benzene rings is 2. The Morgan fingerprint density at radius 2 is 1.84 bits per heavy atom. The predicted octanol–water partition coefficient (Wildman–Crippen LogP) is 4.72. The summed E-state index contributed by atoms with van der Waals surface area (Å²) >= 11 is 3.42. The van der Waals surface area contributed by atoms with Crippen molar-refractivity contribution in [1.29, 1.82) is 0 Å². The standard InChI is InChI=1S/C22H26BrFN2O4S/c1-16(17-4-8-19(23)9-5-17)26-15-13-22(30-21(26)27,12-3-14-25-31(2,28)29)18-6-10-20(24)11-7-18/h4-11,16,25H,3,12-15H2,1-2H3/t16-,22-/m0/s1. The number of rotatable bonds is 8. The maximum absolute atomic E-state index is 13.5. The maximum atomic E-state index is 13.5. The molecule has 6 nitrogen and oxygen atoms in total. The lowest BCUT2D eigenvalue weighted by Gasteiger charge is -2.43. The number of nitrogens with one attached hydrogen (secondary N) is 1. The van der Waals surface area contributed by atoms with Gasteiger partial charge in [-0.25, -0.2) is 22.3 Å². The zero-order valence-electron chi connectivity index (χ0n) is 17.5. The largest absolute Gasteiger partial charge is 0.438 e. The Balaban J connectivity index is 1.78. The molecular formula is C22H26BrFN2O4S. The minimum Gasteiger partial charge on any atom is -0.438 e. The van der Waals surface area contributed by atoms with E-state index in [1.54, 1.807) is 17.0 Å². The van der Waals surface area contributed by atoms with Crippen molar-refractivity contribution in [2.45, 2.75) is 37.8 Å². The van der Waals surface area contributed by atoms with Crippen LogP contribution in [-0.4, -0.2) is 38.8 Å². The van der Waals surface area contributed by atoms with E-state index in [9.17, 15) is 17.6 Å². The Hall–Kier alpha value is -1.97. The number of ether oxygens (including phenoxy) is 1. The molecule has 1 aliphatic heterocycles. The van der Waals surface area contributed by atoms with E-state index >= 15 is 0 Å². The Bertz CT molecular complexity index is 1010. The van der Waals surface area contributed by atoms with Crippen molar-refractivity contribution in [1.82, 2.24) is 9.62 Å². The van der Waals surface area contributed by atoms with Gasteiger partial charge in [-0.05, 0) is 55.2 Å². The minimum atomic E-state index is -3.30. The number of carbonyl (C=O) groups excluding carboxylic acids is 1. The summed E-state index contributed by atoms with van der Waals surface area (Å²) in [5.74, 6) is -0.370. The van der Waals surface area contributed by atoms with E-state index in [4.69, 9.17) is 4.74 Å². The van der Waals surface area contributed by atoms with E-state index in [1.807, 2.05) is 31.2 Å². The second-order valence-corrected chi connectivity index (χ2v) is 10.6. The summed E-state index contributed by atoms with van der Waals surface area (Å²) in [7, 11) is -3.30. The van der Waals surface area contributed by atoms with Crippen LogP contribution in [0.3, 0.4) is 0 Å². The number of cyclic esters (lactones) is 1. The average molecular weight is 513 g/mol. The van der Waals surface area contributed by atoms with Gasteiger partial charge in [0.25, 0.3) is 0 Å². The van der Waals surface area contributed by atoms with Crippen LogP contribution in [0.2, 0.25) is 0 Å². The molecule has 0 saturated carbocycles. The van der Waals surface area contributed by atoms with Gasteiger partial charge in [0, 0.05) is 24.0 Å². The van der Waals surface area contributed by atoms with Gasteiger partial charge in [0.2, 0.25) is 10.0 Å². The van der Waals surface area contributed by atoms with Gasteiger partial charge < -0.3 is 9.64 Å². The van der Waals surface area contributed by atoms with Crippen molar-refractivity contribution in [3.8, 4) is 0 Å². The molecule has 2 aromatic rings. The van der Waals surface area contributed by atoms with Crippen molar-refractivity contribution in [3.63, 3.8) is 0 Å². The van der Waals surface area contributed by atoms with E-state index in [2.05, 4.69) is 20.7 Å². The van der Waals surface area contributed by atoms with E-state index in [0.29, 0.717) is 31.4 Å². The molecule has 1 saturated heterocycles. The zero-order valence-corrected chi connectivity index (χ0v) is 19.9. The molecule has 0 spiro atoms. The number of carbonyl (C=O) groups is 1. The molecule has 3 rings (SSSR count). The molecule has 2 atom stereocenters. The summed E-state index contributed by atoms with van der Waals surface area (Å²) in [6.07, 6.45) is 2.07. The topological polar surface area (TPSA) is 75.7 Å². The number of hydrogen-bond donors (Lipinski definition) is 1. The molecule has 168 valence electrons. The molecule has 1 fully saturated rings. The van der Waals surface area contributed by atoms with Crippen LogP contribution in [0.25, 0.3) is 0 Å². The summed E-state index contributed by atoms with van der Waals surface area (Å²) in [5.41, 5.74) is 0.768. The van der Waals surface area contributed by atoms with Crippen LogP contribution < -0.4 is 4.72 Å². The normalized spacial score (nSPS) is 20.4. The van der Waals surface area contributed by atoms with E-state index in [-0.39, 0.29) is 18.4 Å². The summed E-state index contributed by atoms with van der Waals surface area (Å²) in [6, 6.07) is 13.5. The van der Waals surface area contributed by atoms with Crippen molar-refractivity contribution in [2.24, 2.45) is 0 Å². The molecule has 0 aliphatic carbocycles. The lowest BCUT2D eigenvalue weighted by Crippen LogP contribution is -2.49. The Kier molecular flexibility index (Phi) is 7.39. The fraction of sp³-hybridized carbons (Fsp3) is 0.409. The van der Waals surface area contributed by atoms with Gasteiger partial charge in [0.05, 0.1) is 12.3 Å².